The van der Waals surface area contributed by atoms with Crippen LogP contribution in [0.15, 0.2) is 78.0 Å². The van der Waals surface area contributed by atoms with E-state index in [9.17, 15) is 14.0 Å². The summed E-state index contributed by atoms with van der Waals surface area (Å²) in [6.07, 6.45) is 4.87. The second kappa shape index (κ2) is 11.2. The molecule has 0 aliphatic heterocycles. The summed E-state index contributed by atoms with van der Waals surface area (Å²) >= 11 is 0. The van der Waals surface area contributed by atoms with Gasteiger partial charge >= 0.3 is 0 Å². The molecular weight excluding hydrogens is 511 g/mol. The third-order valence-corrected chi connectivity index (χ3v) is 6.09. The number of halogens is 1. The number of anilines is 2. The minimum Gasteiger partial charge on any atom is -0.347 e. The third-order valence-electron chi connectivity index (χ3n) is 6.09. The molecule has 0 bridgehead atoms. The first-order valence-corrected chi connectivity index (χ1v) is 12.4. The lowest BCUT2D eigenvalue weighted by Crippen LogP contribution is -2.23. The fourth-order valence-corrected chi connectivity index (χ4v) is 3.96. The maximum Gasteiger partial charge on any atom is 0.270 e. The molecule has 0 aromatic carbocycles. The van der Waals surface area contributed by atoms with Gasteiger partial charge in [-0.2, -0.15) is 4.39 Å². The van der Waals surface area contributed by atoms with Gasteiger partial charge in [-0.05, 0) is 55.8 Å². The molecule has 200 valence electrons. The normalized spacial score (nSPS) is 10.8. The number of rotatable bonds is 7. The minimum atomic E-state index is -0.535. The molecule has 0 aliphatic carbocycles. The van der Waals surface area contributed by atoms with Crippen LogP contribution in [0.4, 0.5) is 15.9 Å². The van der Waals surface area contributed by atoms with Crippen LogP contribution < -0.4 is 16.2 Å². The monoisotopic (exact) mass is 536 g/mol. The first-order valence-electron chi connectivity index (χ1n) is 12.4. The minimum absolute atomic E-state index is 0.139. The molecule has 5 rings (SSSR count). The van der Waals surface area contributed by atoms with Crippen molar-refractivity contribution in [3.05, 3.63) is 112 Å². The van der Waals surface area contributed by atoms with Gasteiger partial charge in [-0.3, -0.25) is 19.6 Å². The van der Waals surface area contributed by atoms with Crippen molar-refractivity contribution in [2.75, 3.05) is 5.32 Å². The van der Waals surface area contributed by atoms with E-state index in [1.54, 1.807) is 69.0 Å². The number of hydrogen-bond donors (Lipinski definition) is 2. The standard InChI is InChI=1S/C29H25FN8O2/c1-17-12-26(36-21-10-11-38(3)27(39)13-21)37-28(34-17)20-5-8-24(32-16-20)29(40)33-15-19-4-7-23(31-14-19)22-6-9-25(30)35-18(22)2/h4-14,16H,15H2,1-3H3,(H,33,40)(H,34,36,37). The Morgan fingerprint density at radius 1 is 0.950 bits per heavy atom. The Morgan fingerprint density at radius 2 is 1.80 bits per heavy atom. The van der Waals surface area contributed by atoms with Crippen molar-refractivity contribution >= 4 is 17.4 Å². The van der Waals surface area contributed by atoms with E-state index in [1.807, 2.05) is 13.0 Å². The van der Waals surface area contributed by atoms with Crippen molar-refractivity contribution in [2.24, 2.45) is 7.05 Å². The Bertz CT molecular complexity index is 1750. The van der Waals surface area contributed by atoms with Crippen molar-refractivity contribution in [2.45, 2.75) is 20.4 Å². The Hall–Kier alpha value is -5.32. The Kier molecular flexibility index (Phi) is 7.36. The summed E-state index contributed by atoms with van der Waals surface area (Å²) < 4.78 is 14.8. The molecule has 2 N–H and O–H groups in total. The Balaban J connectivity index is 1.23. The van der Waals surface area contributed by atoms with Crippen LogP contribution in [-0.2, 0) is 13.6 Å². The molecule has 0 unspecified atom stereocenters. The van der Waals surface area contributed by atoms with Crippen molar-refractivity contribution in [1.82, 2.24) is 34.8 Å². The van der Waals surface area contributed by atoms with Crippen LogP contribution in [-0.4, -0.2) is 35.4 Å². The van der Waals surface area contributed by atoms with Crippen LogP contribution in [0.5, 0.6) is 0 Å². The molecule has 11 heteroatoms. The molecule has 0 fully saturated rings. The van der Waals surface area contributed by atoms with Gasteiger partial charge in [0.2, 0.25) is 5.95 Å². The van der Waals surface area contributed by atoms with Crippen molar-refractivity contribution in [1.29, 1.82) is 0 Å². The number of aryl methyl sites for hydroxylation is 3. The first kappa shape index (κ1) is 26.3. The summed E-state index contributed by atoms with van der Waals surface area (Å²) in [6.45, 7) is 3.83. The maximum atomic E-state index is 13.3. The van der Waals surface area contributed by atoms with Crippen LogP contribution >= 0.6 is 0 Å². The molecule has 0 atom stereocenters. The zero-order chi connectivity index (χ0) is 28.2. The number of aromatic nitrogens is 6. The summed E-state index contributed by atoms with van der Waals surface area (Å²) in [4.78, 5) is 46.2. The van der Waals surface area contributed by atoms with E-state index in [4.69, 9.17) is 0 Å². The van der Waals surface area contributed by atoms with E-state index in [-0.39, 0.29) is 23.7 Å². The zero-order valence-corrected chi connectivity index (χ0v) is 22.0. The Morgan fingerprint density at radius 3 is 2.50 bits per heavy atom. The van der Waals surface area contributed by atoms with Crippen molar-refractivity contribution in [3.8, 4) is 22.6 Å². The molecule has 5 aromatic heterocycles. The smallest absolute Gasteiger partial charge is 0.270 e. The summed E-state index contributed by atoms with van der Waals surface area (Å²) in [5.74, 6) is 0.0895. The van der Waals surface area contributed by atoms with Crippen LogP contribution in [0.3, 0.4) is 0 Å². The van der Waals surface area contributed by atoms with Gasteiger partial charge in [-0.1, -0.05) is 6.07 Å². The van der Waals surface area contributed by atoms with Gasteiger partial charge in [0.15, 0.2) is 5.82 Å². The van der Waals surface area contributed by atoms with E-state index < -0.39 is 5.95 Å². The van der Waals surface area contributed by atoms with E-state index in [0.717, 1.165) is 16.8 Å². The summed E-state index contributed by atoms with van der Waals surface area (Å²) in [5.41, 5.74) is 4.84. The highest BCUT2D eigenvalue weighted by Gasteiger charge is 2.11. The van der Waals surface area contributed by atoms with E-state index in [2.05, 4.69) is 35.6 Å². The van der Waals surface area contributed by atoms with Crippen LogP contribution in [0, 0.1) is 19.8 Å². The van der Waals surface area contributed by atoms with Gasteiger partial charge in [0.05, 0.1) is 5.69 Å². The lowest BCUT2D eigenvalue weighted by molar-refractivity contribution is 0.0946. The number of pyridine rings is 4. The molecule has 10 nitrogen and oxygen atoms in total. The highest BCUT2D eigenvalue weighted by atomic mass is 19.1. The van der Waals surface area contributed by atoms with Gasteiger partial charge < -0.3 is 15.2 Å². The van der Waals surface area contributed by atoms with Crippen molar-refractivity contribution < 1.29 is 9.18 Å². The molecule has 5 heterocycles. The first-order chi connectivity index (χ1) is 19.2. The number of nitrogens with zero attached hydrogens (tertiary/aromatic N) is 6. The fraction of sp³-hybridized carbons (Fsp3) is 0.138. The SMILES string of the molecule is Cc1cc(Nc2ccn(C)c(=O)c2)nc(-c2ccc(C(=O)NCc3ccc(-c4ccc(F)nc4C)nc3)nc2)n1. The summed E-state index contributed by atoms with van der Waals surface area (Å²) in [6, 6.07) is 15.0. The Labute approximate surface area is 229 Å². The van der Waals surface area contributed by atoms with Gasteiger partial charge in [-0.15, -0.1) is 0 Å². The van der Waals surface area contributed by atoms with Crippen LogP contribution in [0.2, 0.25) is 0 Å². The number of carbonyl (C=O) groups excluding carboxylic acids is 1. The average Bonchev–Trinajstić information content (AvgIpc) is 2.94. The molecule has 0 aliphatic rings. The molecular formula is C29H25FN8O2. The number of amides is 1. The van der Waals surface area contributed by atoms with Gasteiger partial charge in [0, 0.05) is 72.5 Å². The quantitative estimate of drug-likeness (QED) is 0.297. The topological polar surface area (TPSA) is 128 Å². The second-order valence-corrected chi connectivity index (χ2v) is 9.14. The van der Waals surface area contributed by atoms with Gasteiger partial charge in [-0.25, -0.2) is 15.0 Å². The van der Waals surface area contributed by atoms with Crippen molar-refractivity contribution in [3.63, 3.8) is 0 Å². The lowest BCUT2D eigenvalue weighted by Gasteiger charge is -2.10. The van der Waals surface area contributed by atoms with E-state index in [0.29, 0.717) is 34.3 Å². The summed E-state index contributed by atoms with van der Waals surface area (Å²) in [5, 5.41) is 5.96. The van der Waals surface area contributed by atoms with Gasteiger partial charge in [0.1, 0.15) is 11.5 Å². The summed E-state index contributed by atoms with van der Waals surface area (Å²) in [7, 11) is 1.68. The van der Waals surface area contributed by atoms with Gasteiger partial charge in [0.25, 0.3) is 11.5 Å². The van der Waals surface area contributed by atoms with Crippen LogP contribution in [0.1, 0.15) is 27.4 Å². The number of carbonyl (C=O) groups is 1. The molecule has 0 saturated heterocycles. The highest BCUT2D eigenvalue weighted by molar-refractivity contribution is 5.92. The molecule has 0 radical (unpaired) electrons. The maximum absolute atomic E-state index is 13.3. The van der Waals surface area contributed by atoms with E-state index in [1.165, 1.54) is 16.7 Å². The molecule has 5 aromatic rings. The fourth-order valence-electron chi connectivity index (χ4n) is 3.96. The van der Waals surface area contributed by atoms with Crippen LogP contribution in [0.25, 0.3) is 22.6 Å². The number of nitrogens with one attached hydrogen (secondary N) is 2. The predicted octanol–water partition coefficient (Wildman–Crippen LogP) is 4.12. The highest BCUT2D eigenvalue weighted by Crippen LogP contribution is 2.21. The molecule has 0 saturated carbocycles. The molecule has 40 heavy (non-hydrogen) atoms. The molecule has 0 spiro atoms. The zero-order valence-electron chi connectivity index (χ0n) is 22.0. The average molecular weight is 537 g/mol. The number of hydrogen-bond acceptors (Lipinski definition) is 8. The molecule has 1 amide bonds. The predicted molar refractivity (Wildman–Crippen MR) is 148 cm³/mol. The lowest BCUT2D eigenvalue weighted by atomic mass is 10.1. The third kappa shape index (κ3) is 6.04. The largest absolute Gasteiger partial charge is 0.347 e. The van der Waals surface area contributed by atoms with E-state index >= 15 is 0 Å². The second-order valence-electron chi connectivity index (χ2n) is 9.14.